The van der Waals surface area contributed by atoms with Crippen molar-refractivity contribution in [3.63, 3.8) is 0 Å². The van der Waals surface area contributed by atoms with Crippen molar-refractivity contribution in [2.24, 2.45) is 5.10 Å². The maximum atomic E-state index is 12.0. The van der Waals surface area contributed by atoms with Crippen LogP contribution < -0.4 is 10.2 Å². The molecule has 0 radical (unpaired) electrons. The van der Waals surface area contributed by atoms with Gasteiger partial charge in [-0.3, -0.25) is 15.5 Å². The van der Waals surface area contributed by atoms with Gasteiger partial charge in [0.05, 0.1) is 22.6 Å². The molecule has 0 unspecified atom stereocenters. The van der Waals surface area contributed by atoms with Crippen LogP contribution >= 0.6 is 11.3 Å². The molecule has 2 N–H and O–H groups in total. The van der Waals surface area contributed by atoms with Crippen molar-refractivity contribution in [2.75, 3.05) is 12.5 Å². The lowest BCUT2D eigenvalue weighted by Crippen LogP contribution is -2.18. The van der Waals surface area contributed by atoms with Crippen LogP contribution in [0, 0.1) is 10.1 Å². The van der Waals surface area contributed by atoms with Gasteiger partial charge in [-0.1, -0.05) is 84.1 Å². The zero-order valence-electron chi connectivity index (χ0n) is 21.9. The number of hydrazone groups is 1. The molecule has 10 heteroatoms. The molecule has 0 saturated heterocycles. The fourth-order valence-electron chi connectivity index (χ4n) is 4.25. The molecule has 0 aliphatic rings. The summed E-state index contributed by atoms with van der Waals surface area (Å²) in [5, 5.41) is 25.6. The average molecular weight is 565 g/mol. The Kier molecular flexibility index (Phi) is 8.12. The lowest BCUT2D eigenvalue weighted by molar-refractivity contribution is -0.385. The second kappa shape index (κ2) is 12.2. The predicted molar refractivity (Wildman–Crippen MR) is 160 cm³/mol. The van der Waals surface area contributed by atoms with Gasteiger partial charge in [0, 0.05) is 23.6 Å². The number of aliphatic carboxylic acids is 1. The zero-order chi connectivity index (χ0) is 28.8. The topological polar surface area (TPSA) is 127 Å². The van der Waals surface area contributed by atoms with Crippen LogP contribution in [0.2, 0.25) is 0 Å². The van der Waals surface area contributed by atoms with Crippen molar-refractivity contribution in [2.45, 2.75) is 6.42 Å². The number of aromatic nitrogens is 1. The summed E-state index contributed by atoms with van der Waals surface area (Å²) < 4.78 is 5.29. The highest BCUT2D eigenvalue weighted by Gasteiger charge is 2.20. The molecule has 1 heterocycles. The number of methoxy groups -OCH3 is 1. The van der Waals surface area contributed by atoms with E-state index in [-0.39, 0.29) is 23.4 Å². The molecular formula is C31H24N4O5S. The average Bonchev–Trinajstić information content (AvgIpc) is 3.44. The second-order valence-corrected chi connectivity index (χ2v) is 9.91. The molecule has 0 fully saturated rings. The Balaban J connectivity index is 1.49. The summed E-state index contributed by atoms with van der Waals surface area (Å²) in [5.41, 5.74) is 7.23. The van der Waals surface area contributed by atoms with Gasteiger partial charge in [0.15, 0.2) is 0 Å². The number of nitrogens with zero attached hydrogens (tertiary/aromatic N) is 3. The first kappa shape index (κ1) is 27.2. The minimum absolute atomic E-state index is 0.168. The standard InChI is InChI=1S/C31H24N4O5S/c1-40-25-17-15-22(16-18-25)28-29(23-13-11-21(12-14-23)20-7-3-2-4-8-20)41-31(32-28)34-33-26(30(36)37)19-24-9-5-6-10-27(24)35(38)39/h2-18H,19H2,1H3,(H,32,34)(H,36,37). The quantitative estimate of drug-likeness (QED) is 0.105. The maximum Gasteiger partial charge on any atom is 0.352 e. The largest absolute Gasteiger partial charge is 0.497 e. The van der Waals surface area contributed by atoms with E-state index in [1.54, 1.807) is 13.2 Å². The molecule has 0 spiro atoms. The van der Waals surface area contributed by atoms with Crippen LogP contribution in [-0.2, 0) is 11.2 Å². The molecule has 5 aromatic rings. The third-order valence-electron chi connectivity index (χ3n) is 6.32. The minimum Gasteiger partial charge on any atom is -0.497 e. The number of carbonyl (C=O) groups is 1. The number of benzene rings is 4. The molecular weight excluding hydrogens is 540 g/mol. The molecule has 0 bridgehead atoms. The van der Waals surface area contributed by atoms with Gasteiger partial charge < -0.3 is 9.84 Å². The van der Waals surface area contributed by atoms with E-state index in [0.717, 1.165) is 27.1 Å². The fraction of sp³-hybridized carbons (Fsp3) is 0.0645. The normalized spacial score (nSPS) is 11.2. The van der Waals surface area contributed by atoms with Crippen molar-refractivity contribution in [1.29, 1.82) is 0 Å². The summed E-state index contributed by atoms with van der Waals surface area (Å²) in [5.74, 6) is -0.582. The number of hydrogen-bond donors (Lipinski definition) is 2. The van der Waals surface area contributed by atoms with Crippen LogP contribution in [-0.4, -0.2) is 33.8 Å². The van der Waals surface area contributed by atoms with E-state index in [1.165, 1.54) is 29.5 Å². The Labute approximate surface area is 239 Å². The number of nitrogens with one attached hydrogen (secondary N) is 1. The Morgan fingerprint density at radius 1 is 0.902 bits per heavy atom. The smallest absolute Gasteiger partial charge is 0.352 e. The summed E-state index contributed by atoms with van der Waals surface area (Å²) in [4.78, 5) is 28.4. The lowest BCUT2D eigenvalue weighted by atomic mass is 10.0. The first-order valence-electron chi connectivity index (χ1n) is 12.5. The number of nitro benzene ring substituents is 1. The molecule has 1 aromatic heterocycles. The molecule has 0 amide bonds. The third kappa shape index (κ3) is 6.29. The van der Waals surface area contributed by atoms with Gasteiger partial charge in [-0.15, -0.1) is 0 Å². The van der Waals surface area contributed by atoms with Gasteiger partial charge in [-0.25, -0.2) is 9.78 Å². The van der Waals surface area contributed by atoms with Crippen LogP contribution in [0.4, 0.5) is 10.8 Å². The van der Waals surface area contributed by atoms with Crippen LogP contribution in [0.15, 0.2) is 108 Å². The number of anilines is 1. The first-order chi connectivity index (χ1) is 19.9. The zero-order valence-corrected chi connectivity index (χ0v) is 22.7. The van der Waals surface area contributed by atoms with Crippen LogP contribution in [0.3, 0.4) is 0 Å². The number of para-hydroxylation sites is 1. The molecule has 0 saturated carbocycles. The second-order valence-electron chi connectivity index (χ2n) is 8.91. The SMILES string of the molecule is COc1ccc(-c2nc(NN=C(Cc3ccccc3[N+](=O)[O-])C(=O)O)sc2-c2ccc(-c3ccccc3)cc2)cc1. The Morgan fingerprint density at radius 3 is 2.17 bits per heavy atom. The molecule has 204 valence electrons. The molecule has 4 aromatic carbocycles. The van der Waals surface area contributed by atoms with Crippen molar-refractivity contribution in [3.05, 3.63) is 119 Å². The minimum atomic E-state index is -1.29. The highest BCUT2D eigenvalue weighted by molar-refractivity contribution is 7.19. The fourth-order valence-corrected chi connectivity index (χ4v) is 5.19. The van der Waals surface area contributed by atoms with E-state index in [9.17, 15) is 20.0 Å². The lowest BCUT2D eigenvalue weighted by Gasteiger charge is -2.06. The molecule has 5 rings (SSSR count). The van der Waals surface area contributed by atoms with E-state index >= 15 is 0 Å². The van der Waals surface area contributed by atoms with Crippen molar-refractivity contribution in [1.82, 2.24) is 4.98 Å². The summed E-state index contributed by atoms with van der Waals surface area (Å²) in [6, 6.07) is 31.7. The van der Waals surface area contributed by atoms with Crippen LogP contribution in [0.25, 0.3) is 32.8 Å². The third-order valence-corrected chi connectivity index (χ3v) is 7.33. The molecule has 0 aliphatic carbocycles. The van der Waals surface area contributed by atoms with Gasteiger partial charge in [-0.2, -0.15) is 5.10 Å². The van der Waals surface area contributed by atoms with Gasteiger partial charge >= 0.3 is 5.97 Å². The van der Waals surface area contributed by atoms with Crippen LogP contribution in [0.5, 0.6) is 5.75 Å². The number of carboxylic acids is 1. The van der Waals surface area contributed by atoms with E-state index < -0.39 is 10.9 Å². The molecule has 0 aliphatic heterocycles. The molecule has 0 atom stereocenters. The van der Waals surface area contributed by atoms with E-state index in [1.807, 2.05) is 66.7 Å². The number of thiazole rings is 1. The summed E-state index contributed by atoms with van der Waals surface area (Å²) in [6.07, 6.45) is -0.232. The van der Waals surface area contributed by atoms with E-state index in [0.29, 0.717) is 16.6 Å². The van der Waals surface area contributed by atoms with E-state index in [4.69, 9.17) is 9.72 Å². The van der Waals surface area contributed by atoms with Crippen molar-refractivity contribution in [3.8, 4) is 38.6 Å². The van der Waals surface area contributed by atoms with Crippen molar-refractivity contribution < 1.29 is 19.6 Å². The van der Waals surface area contributed by atoms with Gasteiger partial charge in [0.25, 0.3) is 5.69 Å². The summed E-state index contributed by atoms with van der Waals surface area (Å²) >= 11 is 1.33. The van der Waals surface area contributed by atoms with Crippen molar-refractivity contribution >= 4 is 33.8 Å². The predicted octanol–water partition coefficient (Wildman–Crippen LogP) is 7.16. The Hall–Kier alpha value is -5.35. The van der Waals surface area contributed by atoms with E-state index in [2.05, 4.69) is 22.7 Å². The monoisotopic (exact) mass is 564 g/mol. The first-order valence-corrected chi connectivity index (χ1v) is 13.3. The number of rotatable bonds is 10. The Morgan fingerprint density at radius 2 is 1.51 bits per heavy atom. The van der Waals surface area contributed by atoms with Gasteiger partial charge in [0.2, 0.25) is 5.13 Å². The molecule has 41 heavy (non-hydrogen) atoms. The number of ether oxygens (including phenoxy) is 1. The van der Waals surface area contributed by atoms with Gasteiger partial charge in [-0.05, 0) is 41.0 Å². The Bertz CT molecular complexity index is 1720. The molecule has 9 nitrogen and oxygen atoms in total. The summed E-state index contributed by atoms with van der Waals surface area (Å²) in [7, 11) is 1.60. The number of hydrogen-bond acceptors (Lipinski definition) is 8. The van der Waals surface area contributed by atoms with Gasteiger partial charge in [0.1, 0.15) is 11.5 Å². The number of carboxylic acid groups (broad SMARTS) is 1. The highest BCUT2D eigenvalue weighted by atomic mass is 32.1. The summed E-state index contributed by atoms with van der Waals surface area (Å²) in [6.45, 7) is 0. The number of nitro groups is 1. The highest BCUT2D eigenvalue weighted by Crippen LogP contribution is 2.40. The maximum absolute atomic E-state index is 12.0. The van der Waals surface area contributed by atoms with Crippen LogP contribution in [0.1, 0.15) is 5.56 Å².